The van der Waals surface area contributed by atoms with Gasteiger partial charge in [0.15, 0.2) is 0 Å². The van der Waals surface area contributed by atoms with Gasteiger partial charge in [0.25, 0.3) is 0 Å². The van der Waals surface area contributed by atoms with E-state index in [9.17, 15) is 4.39 Å². The van der Waals surface area contributed by atoms with Gasteiger partial charge in [0.2, 0.25) is 0 Å². The Bertz CT molecular complexity index is 326. The van der Waals surface area contributed by atoms with Gasteiger partial charge in [-0.25, -0.2) is 4.39 Å². The second-order valence-corrected chi connectivity index (χ2v) is 3.94. The fourth-order valence-electron chi connectivity index (χ4n) is 1.48. The highest BCUT2D eigenvalue weighted by Gasteiger charge is 2.30. The number of benzene rings is 1. The second-order valence-electron chi connectivity index (χ2n) is 3.53. The van der Waals surface area contributed by atoms with Gasteiger partial charge in [0, 0.05) is 11.1 Å². The molecule has 1 aromatic rings. The predicted octanol–water partition coefficient (Wildman–Crippen LogP) is 3.31. The van der Waals surface area contributed by atoms with Crippen LogP contribution in [0.5, 0.6) is 0 Å². The number of nitrogens with two attached hydrogens (primary N) is 1. The molecule has 0 aliphatic heterocycles. The Morgan fingerprint density at radius 2 is 2.07 bits per heavy atom. The molecule has 1 aromatic carbocycles. The van der Waals surface area contributed by atoms with Crippen LogP contribution in [0.1, 0.15) is 24.4 Å². The number of hydrogen-bond donors (Lipinski definition) is 1. The van der Waals surface area contributed by atoms with Crippen LogP contribution in [-0.4, -0.2) is 0 Å². The van der Waals surface area contributed by atoms with Crippen molar-refractivity contribution in [3.63, 3.8) is 0 Å². The molecular weight excluding hydrogens is 224 g/mol. The van der Waals surface area contributed by atoms with Crippen LogP contribution in [0.2, 0.25) is 5.02 Å². The summed E-state index contributed by atoms with van der Waals surface area (Å²) < 4.78 is 12.7. The van der Waals surface area contributed by atoms with E-state index in [0.717, 1.165) is 18.4 Å². The van der Waals surface area contributed by atoms with Gasteiger partial charge in [0.05, 0.1) is 0 Å². The maximum Gasteiger partial charge on any atom is 0.124 e. The molecule has 4 heteroatoms. The number of rotatable bonds is 2. The van der Waals surface area contributed by atoms with Gasteiger partial charge < -0.3 is 5.73 Å². The molecule has 1 aliphatic carbocycles. The van der Waals surface area contributed by atoms with Crippen molar-refractivity contribution in [1.82, 2.24) is 0 Å². The summed E-state index contributed by atoms with van der Waals surface area (Å²) in [6.07, 6.45) is 2.32. The molecule has 2 rings (SSSR count). The molecule has 0 amide bonds. The summed E-state index contributed by atoms with van der Waals surface area (Å²) in [6.45, 7) is 0. The van der Waals surface area contributed by atoms with Crippen LogP contribution in [0.15, 0.2) is 18.2 Å². The monoisotopic (exact) mass is 235 g/mol. The summed E-state index contributed by atoms with van der Waals surface area (Å²) in [5.74, 6) is 0.236. The van der Waals surface area contributed by atoms with E-state index in [1.807, 2.05) is 0 Å². The molecule has 0 heterocycles. The van der Waals surface area contributed by atoms with Crippen LogP contribution in [0.3, 0.4) is 0 Å². The molecule has 0 unspecified atom stereocenters. The van der Waals surface area contributed by atoms with Crippen molar-refractivity contribution in [3.05, 3.63) is 34.6 Å². The molecule has 1 atom stereocenters. The standard InChI is InChI=1S/C10H11ClFN.ClH/c11-9-5-7(12)3-4-8(9)10(13)6-1-2-6;/h3-6,10H,1-2,13H2;1H/t10-;/m1./s1. The van der Waals surface area contributed by atoms with E-state index < -0.39 is 0 Å². The molecule has 78 valence electrons. The molecular formula is C10H12Cl2FN. The van der Waals surface area contributed by atoms with Crippen molar-refractivity contribution in [3.8, 4) is 0 Å². The van der Waals surface area contributed by atoms with Crippen molar-refractivity contribution in [2.45, 2.75) is 18.9 Å². The van der Waals surface area contributed by atoms with Crippen molar-refractivity contribution < 1.29 is 4.39 Å². The summed E-state index contributed by atoms with van der Waals surface area (Å²) in [7, 11) is 0. The molecule has 0 aromatic heterocycles. The lowest BCUT2D eigenvalue weighted by Gasteiger charge is -2.12. The van der Waals surface area contributed by atoms with Gasteiger partial charge in [-0.15, -0.1) is 12.4 Å². The minimum absolute atomic E-state index is 0. The first-order chi connectivity index (χ1) is 6.18. The van der Waals surface area contributed by atoms with Gasteiger partial charge in [-0.3, -0.25) is 0 Å². The average molecular weight is 236 g/mol. The van der Waals surface area contributed by atoms with Crippen molar-refractivity contribution in [2.24, 2.45) is 11.7 Å². The van der Waals surface area contributed by atoms with Gasteiger partial charge in [-0.2, -0.15) is 0 Å². The smallest absolute Gasteiger partial charge is 0.124 e. The number of hydrogen-bond acceptors (Lipinski definition) is 1. The quantitative estimate of drug-likeness (QED) is 0.837. The first-order valence-corrected chi connectivity index (χ1v) is 4.77. The molecule has 2 N–H and O–H groups in total. The van der Waals surface area contributed by atoms with Crippen LogP contribution in [0.25, 0.3) is 0 Å². The van der Waals surface area contributed by atoms with Crippen LogP contribution in [0.4, 0.5) is 4.39 Å². The average Bonchev–Trinajstić information content (AvgIpc) is 2.85. The van der Waals surface area contributed by atoms with Gasteiger partial charge >= 0.3 is 0 Å². The van der Waals surface area contributed by atoms with Gasteiger partial charge in [-0.1, -0.05) is 17.7 Å². The third kappa shape index (κ3) is 2.38. The normalized spacial score (nSPS) is 17.4. The predicted molar refractivity (Wildman–Crippen MR) is 58.3 cm³/mol. The molecule has 0 saturated heterocycles. The van der Waals surface area contributed by atoms with Gasteiger partial charge in [-0.05, 0) is 36.5 Å². The maximum atomic E-state index is 12.7. The fraction of sp³-hybridized carbons (Fsp3) is 0.400. The van der Waals surface area contributed by atoms with Gasteiger partial charge in [0.1, 0.15) is 5.82 Å². The molecule has 1 saturated carbocycles. The van der Waals surface area contributed by atoms with Crippen LogP contribution in [-0.2, 0) is 0 Å². The summed E-state index contributed by atoms with van der Waals surface area (Å²) >= 11 is 5.88. The van der Waals surface area contributed by atoms with Crippen molar-refractivity contribution in [1.29, 1.82) is 0 Å². The fourth-order valence-corrected chi connectivity index (χ4v) is 1.77. The summed E-state index contributed by atoms with van der Waals surface area (Å²) in [5, 5.41) is 0.444. The van der Waals surface area contributed by atoms with Crippen LogP contribution < -0.4 is 5.73 Å². The molecule has 0 spiro atoms. The highest BCUT2D eigenvalue weighted by atomic mass is 35.5. The van der Waals surface area contributed by atoms with E-state index >= 15 is 0 Å². The third-order valence-corrected chi connectivity index (χ3v) is 2.78. The zero-order chi connectivity index (χ0) is 9.42. The van der Waals surface area contributed by atoms with E-state index in [-0.39, 0.29) is 24.3 Å². The highest BCUT2D eigenvalue weighted by Crippen LogP contribution is 2.41. The van der Waals surface area contributed by atoms with E-state index in [2.05, 4.69) is 0 Å². The van der Waals surface area contributed by atoms with Crippen molar-refractivity contribution in [2.75, 3.05) is 0 Å². The molecule has 0 radical (unpaired) electrons. The first-order valence-electron chi connectivity index (χ1n) is 4.39. The minimum atomic E-state index is -0.309. The molecule has 1 fully saturated rings. The summed E-state index contributed by atoms with van der Waals surface area (Å²) in [6, 6.07) is 4.39. The maximum absolute atomic E-state index is 12.7. The SMILES string of the molecule is Cl.N[C@@H](c1ccc(F)cc1Cl)C1CC1. The Morgan fingerprint density at radius 1 is 1.43 bits per heavy atom. The summed E-state index contributed by atoms with van der Waals surface area (Å²) in [5.41, 5.74) is 6.81. The first kappa shape index (κ1) is 11.8. The Kier molecular flexibility index (Phi) is 3.76. The zero-order valence-corrected chi connectivity index (χ0v) is 9.11. The van der Waals surface area contributed by atoms with E-state index in [1.54, 1.807) is 6.07 Å². The summed E-state index contributed by atoms with van der Waals surface area (Å²) in [4.78, 5) is 0. The Morgan fingerprint density at radius 3 is 2.57 bits per heavy atom. The second kappa shape index (κ2) is 4.47. The lowest BCUT2D eigenvalue weighted by atomic mass is 10.0. The molecule has 0 bridgehead atoms. The highest BCUT2D eigenvalue weighted by molar-refractivity contribution is 6.31. The Hall–Kier alpha value is -0.310. The van der Waals surface area contributed by atoms with E-state index in [4.69, 9.17) is 17.3 Å². The largest absolute Gasteiger partial charge is 0.324 e. The lowest BCUT2D eigenvalue weighted by Crippen LogP contribution is -2.12. The minimum Gasteiger partial charge on any atom is -0.324 e. The molecule has 1 nitrogen and oxygen atoms in total. The molecule has 14 heavy (non-hydrogen) atoms. The Balaban J connectivity index is 0.000000980. The zero-order valence-electron chi connectivity index (χ0n) is 7.54. The molecule has 1 aliphatic rings. The topological polar surface area (TPSA) is 26.0 Å². The van der Waals surface area contributed by atoms with E-state index in [1.165, 1.54) is 12.1 Å². The van der Waals surface area contributed by atoms with Crippen molar-refractivity contribution >= 4 is 24.0 Å². The lowest BCUT2D eigenvalue weighted by molar-refractivity contribution is 0.613. The number of halogens is 3. The van der Waals surface area contributed by atoms with E-state index in [0.29, 0.717) is 10.9 Å². The Labute approximate surface area is 93.8 Å². The third-order valence-electron chi connectivity index (χ3n) is 2.45. The van der Waals surface area contributed by atoms with Crippen LogP contribution >= 0.6 is 24.0 Å². The van der Waals surface area contributed by atoms with Crippen LogP contribution in [0, 0.1) is 11.7 Å².